The van der Waals surface area contributed by atoms with Gasteiger partial charge in [0, 0.05) is 18.7 Å². The van der Waals surface area contributed by atoms with E-state index in [1.807, 2.05) is 43.3 Å². The number of hydrogen-bond acceptors (Lipinski definition) is 4. The molecular weight excluding hydrogens is 316 g/mol. The Morgan fingerprint density at radius 2 is 1.84 bits per heavy atom. The molecule has 4 rings (SSSR count). The average Bonchev–Trinajstić information content (AvgIpc) is 3.10. The van der Waals surface area contributed by atoms with E-state index in [0.29, 0.717) is 19.0 Å². The molecule has 0 saturated heterocycles. The smallest absolute Gasteiger partial charge is 0.325 e. The summed E-state index contributed by atoms with van der Waals surface area (Å²) in [5.74, 6) is 0.400. The molecule has 0 saturated carbocycles. The SMILES string of the molecule is Cc1ccccc1-c1nnc(NC(=O)N2CCc3ccccc3C2)o1. The second kappa shape index (κ2) is 6.39. The lowest BCUT2D eigenvalue weighted by Gasteiger charge is -2.28. The molecule has 1 aromatic heterocycles. The molecule has 1 aliphatic heterocycles. The molecule has 2 amide bonds. The highest BCUT2D eigenvalue weighted by molar-refractivity contribution is 5.87. The molecule has 0 unspecified atom stereocenters. The van der Waals surface area contributed by atoms with Crippen LogP contribution in [-0.2, 0) is 13.0 Å². The van der Waals surface area contributed by atoms with Gasteiger partial charge in [-0.05, 0) is 36.1 Å². The standard InChI is InChI=1S/C19H18N4O2/c1-13-6-2-5-9-16(13)17-21-22-18(25-17)20-19(24)23-11-10-14-7-3-4-8-15(14)12-23/h2-9H,10-12H2,1H3,(H,20,22,24). The number of amides is 2. The first-order valence-electron chi connectivity index (χ1n) is 8.23. The maximum atomic E-state index is 12.5. The molecule has 1 aliphatic rings. The molecular formula is C19H18N4O2. The Bertz CT molecular complexity index is 919. The van der Waals surface area contributed by atoms with Gasteiger partial charge in [0.2, 0.25) is 5.89 Å². The molecule has 0 radical (unpaired) electrons. The van der Waals surface area contributed by atoms with Crippen LogP contribution >= 0.6 is 0 Å². The summed E-state index contributed by atoms with van der Waals surface area (Å²) in [5, 5.41) is 10.7. The minimum Gasteiger partial charge on any atom is -0.403 e. The van der Waals surface area contributed by atoms with Crippen LogP contribution in [0.15, 0.2) is 52.9 Å². The van der Waals surface area contributed by atoms with E-state index in [9.17, 15) is 4.79 Å². The molecule has 3 aromatic rings. The van der Waals surface area contributed by atoms with E-state index >= 15 is 0 Å². The number of aryl methyl sites for hydroxylation is 1. The van der Waals surface area contributed by atoms with Crippen LogP contribution < -0.4 is 5.32 Å². The number of anilines is 1. The number of benzene rings is 2. The number of fused-ring (bicyclic) bond motifs is 1. The Hall–Kier alpha value is -3.15. The number of carbonyl (C=O) groups is 1. The van der Waals surface area contributed by atoms with Crippen molar-refractivity contribution in [3.05, 3.63) is 65.2 Å². The minimum absolute atomic E-state index is 0.113. The summed E-state index contributed by atoms with van der Waals surface area (Å²) in [7, 11) is 0. The van der Waals surface area contributed by atoms with Gasteiger partial charge in [0.05, 0.1) is 0 Å². The molecule has 0 atom stereocenters. The fourth-order valence-electron chi connectivity index (χ4n) is 3.04. The van der Waals surface area contributed by atoms with Crippen molar-refractivity contribution in [3.63, 3.8) is 0 Å². The van der Waals surface area contributed by atoms with Crippen LogP contribution in [0.4, 0.5) is 10.8 Å². The van der Waals surface area contributed by atoms with Crippen LogP contribution in [0.2, 0.25) is 0 Å². The minimum atomic E-state index is -0.227. The van der Waals surface area contributed by atoms with Crippen molar-refractivity contribution in [2.45, 2.75) is 19.9 Å². The van der Waals surface area contributed by atoms with Crippen LogP contribution in [0.25, 0.3) is 11.5 Å². The number of nitrogens with zero attached hydrogens (tertiary/aromatic N) is 3. The van der Waals surface area contributed by atoms with Gasteiger partial charge in [-0.15, -0.1) is 5.10 Å². The fraction of sp³-hybridized carbons (Fsp3) is 0.211. The summed E-state index contributed by atoms with van der Waals surface area (Å²) in [6.07, 6.45) is 0.849. The van der Waals surface area contributed by atoms with Crippen molar-refractivity contribution in [1.82, 2.24) is 15.1 Å². The molecule has 6 heteroatoms. The quantitative estimate of drug-likeness (QED) is 0.777. The molecule has 126 valence electrons. The average molecular weight is 334 g/mol. The van der Waals surface area contributed by atoms with E-state index < -0.39 is 0 Å². The Balaban J connectivity index is 1.47. The van der Waals surface area contributed by atoms with Gasteiger partial charge in [0.25, 0.3) is 0 Å². The van der Waals surface area contributed by atoms with Crippen molar-refractivity contribution in [3.8, 4) is 11.5 Å². The highest BCUT2D eigenvalue weighted by Gasteiger charge is 2.22. The Morgan fingerprint density at radius 1 is 1.08 bits per heavy atom. The summed E-state index contributed by atoms with van der Waals surface area (Å²) in [6.45, 7) is 3.23. The summed E-state index contributed by atoms with van der Waals surface area (Å²) in [6, 6.07) is 15.8. The number of hydrogen-bond donors (Lipinski definition) is 1. The van der Waals surface area contributed by atoms with E-state index in [1.165, 1.54) is 11.1 Å². The highest BCUT2D eigenvalue weighted by Crippen LogP contribution is 2.24. The second-order valence-electron chi connectivity index (χ2n) is 6.10. The van der Waals surface area contributed by atoms with E-state index in [0.717, 1.165) is 17.5 Å². The number of carbonyl (C=O) groups excluding carboxylic acids is 1. The zero-order chi connectivity index (χ0) is 17.2. The third-order valence-corrected chi connectivity index (χ3v) is 4.43. The second-order valence-corrected chi connectivity index (χ2v) is 6.10. The maximum Gasteiger partial charge on any atom is 0.325 e. The van der Waals surface area contributed by atoms with Gasteiger partial charge >= 0.3 is 12.0 Å². The molecule has 25 heavy (non-hydrogen) atoms. The van der Waals surface area contributed by atoms with Gasteiger partial charge in [0.15, 0.2) is 0 Å². The van der Waals surface area contributed by atoms with Crippen molar-refractivity contribution < 1.29 is 9.21 Å². The van der Waals surface area contributed by atoms with Crippen LogP contribution in [-0.4, -0.2) is 27.7 Å². The lowest BCUT2D eigenvalue weighted by Crippen LogP contribution is -2.38. The third-order valence-electron chi connectivity index (χ3n) is 4.43. The van der Waals surface area contributed by atoms with Crippen molar-refractivity contribution in [1.29, 1.82) is 0 Å². The zero-order valence-electron chi connectivity index (χ0n) is 13.9. The number of urea groups is 1. The summed E-state index contributed by atoms with van der Waals surface area (Å²) < 4.78 is 5.60. The lowest BCUT2D eigenvalue weighted by molar-refractivity contribution is 0.205. The fourth-order valence-corrected chi connectivity index (χ4v) is 3.04. The van der Waals surface area contributed by atoms with Crippen molar-refractivity contribution in [2.75, 3.05) is 11.9 Å². The van der Waals surface area contributed by atoms with Crippen LogP contribution in [0.1, 0.15) is 16.7 Å². The van der Waals surface area contributed by atoms with E-state index in [-0.39, 0.29) is 12.0 Å². The van der Waals surface area contributed by atoms with Crippen LogP contribution in [0, 0.1) is 6.92 Å². The Morgan fingerprint density at radius 3 is 2.68 bits per heavy atom. The van der Waals surface area contributed by atoms with Crippen molar-refractivity contribution >= 4 is 12.0 Å². The number of nitrogens with one attached hydrogen (secondary N) is 1. The molecule has 0 spiro atoms. The van der Waals surface area contributed by atoms with Gasteiger partial charge in [-0.2, -0.15) is 0 Å². The zero-order valence-corrected chi connectivity index (χ0v) is 13.9. The Labute approximate surface area is 145 Å². The first-order chi connectivity index (χ1) is 12.2. The van der Waals surface area contributed by atoms with E-state index in [1.54, 1.807) is 4.90 Å². The molecule has 2 heterocycles. The van der Waals surface area contributed by atoms with Crippen LogP contribution in [0.3, 0.4) is 0 Å². The van der Waals surface area contributed by atoms with Crippen molar-refractivity contribution in [2.24, 2.45) is 0 Å². The number of aromatic nitrogens is 2. The number of rotatable bonds is 2. The maximum absolute atomic E-state index is 12.5. The topological polar surface area (TPSA) is 71.3 Å². The molecule has 0 fully saturated rings. The monoisotopic (exact) mass is 334 g/mol. The first-order valence-corrected chi connectivity index (χ1v) is 8.23. The summed E-state index contributed by atoms with van der Waals surface area (Å²) in [4.78, 5) is 14.2. The Kier molecular flexibility index (Phi) is 3.93. The molecule has 2 aromatic carbocycles. The normalized spacial score (nSPS) is 13.4. The molecule has 6 nitrogen and oxygen atoms in total. The third kappa shape index (κ3) is 3.10. The lowest BCUT2D eigenvalue weighted by atomic mass is 10.0. The largest absolute Gasteiger partial charge is 0.403 e. The first kappa shape index (κ1) is 15.4. The molecule has 1 N–H and O–H groups in total. The summed E-state index contributed by atoms with van der Waals surface area (Å²) >= 11 is 0. The summed E-state index contributed by atoms with van der Waals surface area (Å²) in [5.41, 5.74) is 4.38. The van der Waals surface area contributed by atoms with Gasteiger partial charge in [-0.25, -0.2) is 4.79 Å². The predicted molar refractivity (Wildman–Crippen MR) is 94.0 cm³/mol. The highest BCUT2D eigenvalue weighted by atomic mass is 16.4. The van der Waals surface area contributed by atoms with Gasteiger partial charge in [-0.1, -0.05) is 47.6 Å². The van der Waals surface area contributed by atoms with Gasteiger partial charge < -0.3 is 9.32 Å². The molecule has 0 aliphatic carbocycles. The van der Waals surface area contributed by atoms with Gasteiger partial charge in [0.1, 0.15) is 0 Å². The van der Waals surface area contributed by atoms with Gasteiger partial charge in [-0.3, -0.25) is 5.32 Å². The van der Waals surface area contributed by atoms with E-state index in [4.69, 9.17) is 4.42 Å². The predicted octanol–water partition coefficient (Wildman–Crippen LogP) is 3.64. The molecule has 0 bridgehead atoms. The van der Waals surface area contributed by atoms with Crippen LogP contribution in [0.5, 0.6) is 0 Å². The van der Waals surface area contributed by atoms with E-state index in [2.05, 4.69) is 27.6 Å².